The number of rotatable bonds is 4. The smallest absolute Gasteiger partial charge is 0.319 e. The van der Waals surface area contributed by atoms with Crippen LogP contribution >= 0.6 is 15.9 Å². The number of anilines is 1. The lowest BCUT2D eigenvalue weighted by Crippen LogP contribution is -2.34. The molecule has 1 unspecified atom stereocenters. The SMILES string of the molecule is CC(CNC(=O)Nc1cccc(Br)c1)C(=O)O. The van der Waals surface area contributed by atoms with E-state index in [2.05, 4.69) is 26.6 Å². The Labute approximate surface area is 107 Å². The second-order valence-corrected chi connectivity index (χ2v) is 4.50. The van der Waals surface area contributed by atoms with Gasteiger partial charge in [-0.3, -0.25) is 4.79 Å². The van der Waals surface area contributed by atoms with Crippen LogP contribution in [0.15, 0.2) is 28.7 Å². The van der Waals surface area contributed by atoms with Crippen molar-refractivity contribution in [1.82, 2.24) is 5.32 Å². The number of halogens is 1. The molecule has 1 rings (SSSR count). The Balaban J connectivity index is 2.42. The normalized spacial score (nSPS) is 11.6. The number of carbonyl (C=O) groups excluding carboxylic acids is 1. The van der Waals surface area contributed by atoms with Gasteiger partial charge in [-0.05, 0) is 18.2 Å². The number of benzene rings is 1. The summed E-state index contributed by atoms with van der Waals surface area (Å²) in [5.74, 6) is -1.55. The van der Waals surface area contributed by atoms with Gasteiger partial charge in [-0.25, -0.2) is 4.79 Å². The van der Waals surface area contributed by atoms with Crippen molar-refractivity contribution in [3.8, 4) is 0 Å². The van der Waals surface area contributed by atoms with Crippen LogP contribution in [0.4, 0.5) is 10.5 Å². The maximum absolute atomic E-state index is 11.4. The molecule has 0 spiro atoms. The molecule has 1 atom stereocenters. The van der Waals surface area contributed by atoms with Gasteiger partial charge in [-0.15, -0.1) is 0 Å². The second kappa shape index (κ2) is 6.24. The molecular weight excluding hydrogens is 288 g/mol. The lowest BCUT2D eigenvalue weighted by Gasteiger charge is -2.09. The minimum Gasteiger partial charge on any atom is -0.481 e. The van der Waals surface area contributed by atoms with Crippen LogP contribution in [-0.4, -0.2) is 23.7 Å². The van der Waals surface area contributed by atoms with Gasteiger partial charge in [0.05, 0.1) is 5.92 Å². The minimum atomic E-state index is -0.937. The van der Waals surface area contributed by atoms with Crippen molar-refractivity contribution in [3.05, 3.63) is 28.7 Å². The number of carbonyl (C=O) groups is 2. The first-order valence-corrected chi connectivity index (χ1v) is 5.81. The van der Waals surface area contributed by atoms with Crippen LogP contribution < -0.4 is 10.6 Å². The van der Waals surface area contributed by atoms with Crippen molar-refractivity contribution >= 4 is 33.6 Å². The third-order valence-electron chi connectivity index (χ3n) is 2.07. The predicted molar refractivity (Wildman–Crippen MR) is 68.0 cm³/mol. The number of urea groups is 1. The van der Waals surface area contributed by atoms with E-state index in [1.165, 1.54) is 6.92 Å². The zero-order chi connectivity index (χ0) is 12.8. The van der Waals surface area contributed by atoms with Gasteiger partial charge in [0.15, 0.2) is 0 Å². The van der Waals surface area contributed by atoms with Crippen molar-refractivity contribution in [1.29, 1.82) is 0 Å². The summed E-state index contributed by atoms with van der Waals surface area (Å²) < 4.78 is 0.856. The predicted octanol–water partition coefficient (Wildman–Crippen LogP) is 2.29. The fraction of sp³-hybridized carbons (Fsp3) is 0.273. The fourth-order valence-electron chi connectivity index (χ4n) is 1.07. The number of amides is 2. The minimum absolute atomic E-state index is 0.0924. The molecule has 0 fully saturated rings. The van der Waals surface area contributed by atoms with Crippen molar-refractivity contribution in [3.63, 3.8) is 0 Å². The van der Waals surface area contributed by atoms with Crippen molar-refractivity contribution in [2.45, 2.75) is 6.92 Å². The summed E-state index contributed by atoms with van der Waals surface area (Å²) in [5, 5.41) is 13.7. The molecular formula is C11H13BrN2O3. The topological polar surface area (TPSA) is 78.4 Å². The van der Waals surface area contributed by atoms with E-state index in [1.807, 2.05) is 6.07 Å². The van der Waals surface area contributed by atoms with Crippen LogP contribution in [0.1, 0.15) is 6.92 Å². The van der Waals surface area contributed by atoms with Gasteiger partial charge in [-0.1, -0.05) is 28.9 Å². The highest BCUT2D eigenvalue weighted by Crippen LogP contribution is 2.15. The van der Waals surface area contributed by atoms with Crippen molar-refractivity contribution in [2.24, 2.45) is 5.92 Å². The molecule has 1 aromatic rings. The molecule has 5 nitrogen and oxygen atoms in total. The Morgan fingerprint density at radius 3 is 2.76 bits per heavy atom. The number of carboxylic acid groups (broad SMARTS) is 1. The van der Waals surface area contributed by atoms with Crippen molar-refractivity contribution < 1.29 is 14.7 Å². The van der Waals surface area contributed by atoms with Crippen LogP contribution in [0.5, 0.6) is 0 Å². The molecule has 1 aromatic carbocycles. The van der Waals surface area contributed by atoms with Gasteiger partial charge >= 0.3 is 12.0 Å². The molecule has 0 aromatic heterocycles. The number of nitrogens with one attached hydrogen (secondary N) is 2. The van der Waals surface area contributed by atoms with E-state index in [1.54, 1.807) is 18.2 Å². The van der Waals surface area contributed by atoms with E-state index in [0.717, 1.165) is 4.47 Å². The monoisotopic (exact) mass is 300 g/mol. The molecule has 0 radical (unpaired) electrons. The fourth-order valence-corrected chi connectivity index (χ4v) is 1.47. The molecule has 0 saturated carbocycles. The van der Waals surface area contributed by atoms with E-state index in [0.29, 0.717) is 5.69 Å². The first-order chi connectivity index (χ1) is 7.99. The van der Waals surface area contributed by atoms with Gasteiger partial charge in [0.25, 0.3) is 0 Å². The average molecular weight is 301 g/mol. The quantitative estimate of drug-likeness (QED) is 0.798. The first-order valence-electron chi connectivity index (χ1n) is 5.02. The molecule has 0 bridgehead atoms. The zero-order valence-corrected chi connectivity index (χ0v) is 10.8. The Morgan fingerprint density at radius 1 is 1.47 bits per heavy atom. The van der Waals surface area contributed by atoms with Gasteiger partial charge in [0.1, 0.15) is 0 Å². The molecule has 6 heteroatoms. The average Bonchev–Trinajstić information content (AvgIpc) is 2.25. The zero-order valence-electron chi connectivity index (χ0n) is 9.24. The van der Waals surface area contributed by atoms with Gasteiger partial charge in [0.2, 0.25) is 0 Å². The summed E-state index contributed by atoms with van der Waals surface area (Å²) in [6.07, 6.45) is 0. The Bertz CT molecular complexity index is 423. The summed E-state index contributed by atoms with van der Waals surface area (Å²) in [7, 11) is 0. The highest BCUT2D eigenvalue weighted by Gasteiger charge is 2.11. The highest BCUT2D eigenvalue weighted by atomic mass is 79.9. The molecule has 92 valence electrons. The third-order valence-corrected chi connectivity index (χ3v) is 2.57. The summed E-state index contributed by atoms with van der Waals surface area (Å²) in [6.45, 7) is 1.62. The molecule has 0 aliphatic rings. The van der Waals surface area contributed by atoms with E-state index in [9.17, 15) is 9.59 Å². The van der Waals surface area contributed by atoms with Crippen LogP contribution in [0.3, 0.4) is 0 Å². The molecule has 17 heavy (non-hydrogen) atoms. The molecule has 3 N–H and O–H groups in total. The molecule has 2 amide bonds. The number of hydrogen-bond acceptors (Lipinski definition) is 2. The maximum atomic E-state index is 11.4. The van der Waals surface area contributed by atoms with E-state index < -0.39 is 17.9 Å². The first kappa shape index (κ1) is 13.5. The van der Waals surface area contributed by atoms with Gasteiger partial charge < -0.3 is 15.7 Å². The highest BCUT2D eigenvalue weighted by molar-refractivity contribution is 9.10. The van der Waals surface area contributed by atoms with Crippen LogP contribution in [-0.2, 0) is 4.79 Å². The van der Waals surface area contributed by atoms with E-state index in [-0.39, 0.29) is 6.54 Å². The Kier molecular flexibility index (Phi) is 4.96. The number of carboxylic acids is 1. The largest absolute Gasteiger partial charge is 0.481 e. The lowest BCUT2D eigenvalue weighted by atomic mass is 10.2. The van der Waals surface area contributed by atoms with E-state index >= 15 is 0 Å². The molecule has 0 aliphatic heterocycles. The molecule has 0 aliphatic carbocycles. The standard InChI is InChI=1S/C11H13BrN2O3/c1-7(10(15)16)6-13-11(17)14-9-4-2-3-8(12)5-9/h2-5,7H,6H2,1H3,(H,15,16)(H2,13,14,17). The Hall–Kier alpha value is -1.56. The van der Waals surface area contributed by atoms with Crippen LogP contribution in [0.2, 0.25) is 0 Å². The summed E-state index contributed by atoms with van der Waals surface area (Å²) in [4.78, 5) is 22.0. The van der Waals surface area contributed by atoms with Crippen molar-refractivity contribution in [2.75, 3.05) is 11.9 Å². The lowest BCUT2D eigenvalue weighted by molar-refractivity contribution is -0.140. The summed E-state index contributed by atoms with van der Waals surface area (Å²) in [5.41, 5.74) is 0.639. The number of aliphatic carboxylic acids is 1. The maximum Gasteiger partial charge on any atom is 0.319 e. The molecule has 0 heterocycles. The second-order valence-electron chi connectivity index (χ2n) is 3.58. The summed E-state index contributed by atoms with van der Waals surface area (Å²) in [6, 6.07) is 6.71. The van der Waals surface area contributed by atoms with Gasteiger partial charge in [0, 0.05) is 16.7 Å². The van der Waals surface area contributed by atoms with Crippen LogP contribution in [0, 0.1) is 5.92 Å². The summed E-state index contributed by atoms with van der Waals surface area (Å²) >= 11 is 3.28. The van der Waals surface area contributed by atoms with Gasteiger partial charge in [-0.2, -0.15) is 0 Å². The Morgan fingerprint density at radius 2 is 2.18 bits per heavy atom. The van der Waals surface area contributed by atoms with E-state index in [4.69, 9.17) is 5.11 Å². The number of hydrogen-bond donors (Lipinski definition) is 3. The molecule has 0 saturated heterocycles. The third kappa shape index (κ3) is 4.86. The van der Waals surface area contributed by atoms with Crippen LogP contribution in [0.25, 0.3) is 0 Å².